The molecule has 2 aromatic rings. The van der Waals surface area contributed by atoms with Gasteiger partial charge in [-0.25, -0.2) is 14.2 Å². The third-order valence-electron chi connectivity index (χ3n) is 5.26. The van der Waals surface area contributed by atoms with Crippen molar-refractivity contribution in [2.24, 2.45) is 0 Å². The molecule has 0 N–H and O–H groups in total. The zero-order valence-corrected chi connectivity index (χ0v) is 19.9. The number of rotatable bonds is 7. The van der Waals surface area contributed by atoms with Gasteiger partial charge in [0.1, 0.15) is 16.4 Å². The smallest absolute Gasteiger partial charge is 0.410 e. The lowest BCUT2D eigenvalue weighted by molar-refractivity contribution is 0.0204. The van der Waals surface area contributed by atoms with Gasteiger partial charge in [0.2, 0.25) is 6.36 Å². The molecule has 1 unspecified atom stereocenters. The molecule has 8 heteroatoms. The molecule has 1 atom stereocenters. The molecule has 3 rings (SSSR count). The number of hydrogen-bond donors (Lipinski definition) is 0. The maximum atomic E-state index is 14.2. The summed E-state index contributed by atoms with van der Waals surface area (Å²) in [6.45, 7) is 8.71. The summed E-state index contributed by atoms with van der Waals surface area (Å²) < 4.78 is 25.2. The lowest BCUT2D eigenvalue weighted by Gasteiger charge is -2.33. The Balaban J connectivity index is 1.78. The molecule has 32 heavy (non-hydrogen) atoms. The molecule has 1 saturated heterocycles. The van der Waals surface area contributed by atoms with Gasteiger partial charge in [0, 0.05) is 25.7 Å². The summed E-state index contributed by atoms with van der Waals surface area (Å²) in [5, 5.41) is 0.624. The fraction of sp³-hybridized carbons (Fsp3) is 0.542. The Morgan fingerprint density at radius 1 is 1.34 bits per heavy atom. The number of aldehydes is 1. The summed E-state index contributed by atoms with van der Waals surface area (Å²) in [4.78, 5) is 30.1. The van der Waals surface area contributed by atoms with Crippen molar-refractivity contribution in [1.82, 2.24) is 9.88 Å². The highest BCUT2D eigenvalue weighted by atomic mass is 32.1. The minimum absolute atomic E-state index is 0.254. The van der Waals surface area contributed by atoms with Crippen LogP contribution in [-0.2, 0) is 4.74 Å². The Bertz CT molecular complexity index is 932. The van der Waals surface area contributed by atoms with Gasteiger partial charge >= 0.3 is 6.09 Å². The van der Waals surface area contributed by atoms with Gasteiger partial charge in [-0.05, 0) is 63.6 Å². The maximum Gasteiger partial charge on any atom is 0.410 e. The molecule has 0 spiro atoms. The molecule has 0 bridgehead atoms. The topological polar surface area (TPSA) is 68.7 Å². The van der Waals surface area contributed by atoms with Crippen molar-refractivity contribution in [2.45, 2.75) is 71.3 Å². The van der Waals surface area contributed by atoms with E-state index in [1.165, 1.54) is 17.5 Å². The molecule has 0 saturated carbocycles. The second-order valence-corrected chi connectivity index (χ2v) is 10.1. The van der Waals surface area contributed by atoms with Crippen LogP contribution in [-0.4, -0.2) is 47.3 Å². The largest absolute Gasteiger partial charge is 0.460 e. The number of thiazole rings is 1. The highest BCUT2D eigenvalue weighted by Gasteiger charge is 2.28. The summed E-state index contributed by atoms with van der Waals surface area (Å²) in [5.74, 6) is 0.677. The van der Waals surface area contributed by atoms with E-state index < -0.39 is 12.0 Å². The highest BCUT2D eigenvalue weighted by molar-refractivity contribution is 7.16. The van der Waals surface area contributed by atoms with E-state index in [4.69, 9.17) is 9.47 Å². The van der Waals surface area contributed by atoms with Gasteiger partial charge in [0.15, 0.2) is 6.29 Å². The quantitative estimate of drug-likeness (QED) is 0.458. The van der Waals surface area contributed by atoms with Crippen LogP contribution in [0.4, 0.5) is 9.18 Å². The SMILES string of the molecule is CCCC(F)Oc1ccc(C2CCN(C(=O)OC(C)(C)C)CC2)cc1-c1ncc(C=O)s1. The van der Waals surface area contributed by atoms with E-state index in [1.807, 2.05) is 39.8 Å². The molecule has 1 aromatic heterocycles. The molecule has 1 amide bonds. The minimum atomic E-state index is -1.40. The molecule has 6 nitrogen and oxygen atoms in total. The summed E-state index contributed by atoms with van der Waals surface area (Å²) >= 11 is 1.25. The van der Waals surface area contributed by atoms with Crippen LogP contribution in [0.25, 0.3) is 10.6 Å². The number of alkyl halides is 1. The van der Waals surface area contributed by atoms with E-state index >= 15 is 0 Å². The normalized spacial score (nSPS) is 16.0. The number of amides is 1. The van der Waals surface area contributed by atoms with Crippen molar-refractivity contribution in [3.05, 3.63) is 34.8 Å². The zero-order valence-electron chi connectivity index (χ0n) is 19.1. The van der Waals surface area contributed by atoms with Crippen molar-refractivity contribution in [2.75, 3.05) is 13.1 Å². The van der Waals surface area contributed by atoms with Gasteiger partial charge in [0.05, 0.1) is 10.4 Å². The predicted octanol–water partition coefficient (Wildman–Crippen LogP) is 6.21. The molecule has 174 valence electrons. The summed E-state index contributed by atoms with van der Waals surface area (Å²) in [6.07, 6.45) is 3.19. The number of carbonyl (C=O) groups is 2. The Kier molecular flexibility index (Phi) is 7.87. The maximum absolute atomic E-state index is 14.2. The average Bonchev–Trinajstić information content (AvgIpc) is 3.22. The summed E-state index contributed by atoms with van der Waals surface area (Å²) in [7, 11) is 0. The molecule has 0 aliphatic carbocycles. The Labute approximate surface area is 192 Å². The molecule has 2 heterocycles. The van der Waals surface area contributed by atoms with E-state index in [2.05, 4.69) is 4.98 Å². The fourth-order valence-electron chi connectivity index (χ4n) is 3.68. The van der Waals surface area contributed by atoms with Crippen LogP contribution >= 0.6 is 11.3 Å². The van der Waals surface area contributed by atoms with Crippen LogP contribution in [0.1, 0.15) is 74.5 Å². The third kappa shape index (κ3) is 6.28. The van der Waals surface area contributed by atoms with Crippen LogP contribution in [0.15, 0.2) is 24.4 Å². The molecular weight excluding hydrogens is 431 g/mol. The molecule has 1 aromatic carbocycles. The van der Waals surface area contributed by atoms with Crippen LogP contribution in [0.5, 0.6) is 5.75 Å². The monoisotopic (exact) mass is 462 g/mol. The second-order valence-electron chi connectivity index (χ2n) is 9.00. The van der Waals surface area contributed by atoms with E-state index in [-0.39, 0.29) is 12.0 Å². The van der Waals surface area contributed by atoms with E-state index in [0.29, 0.717) is 47.1 Å². The Hall–Kier alpha value is -2.48. The van der Waals surface area contributed by atoms with Crippen molar-refractivity contribution < 1.29 is 23.5 Å². The van der Waals surface area contributed by atoms with Crippen molar-refractivity contribution in [3.8, 4) is 16.3 Å². The van der Waals surface area contributed by atoms with Gasteiger partial charge in [0.25, 0.3) is 0 Å². The molecule has 1 aliphatic rings. The molecule has 0 radical (unpaired) electrons. The minimum Gasteiger partial charge on any atom is -0.460 e. The van der Waals surface area contributed by atoms with Crippen LogP contribution in [0.2, 0.25) is 0 Å². The third-order valence-corrected chi connectivity index (χ3v) is 6.22. The van der Waals surface area contributed by atoms with Crippen molar-refractivity contribution in [1.29, 1.82) is 0 Å². The number of carbonyl (C=O) groups excluding carboxylic acids is 2. The van der Waals surface area contributed by atoms with Crippen LogP contribution < -0.4 is 4.74 Å². The van der Waals surface area contributed by atoms with Crippen molar-refractivity contribution in [3.63, 3.8) is 0 Å². The van der Waals surface area contributed by atoms with Gasteiger partial charge in [-0.3, -0.25) is 4.79 Å². The lowest BCUT2D eigenvalue weighted by atomic mass is 9.88. The first kappa shape index (κ1) is 24.2. The summed E-state index contributed by atoms with van der Waals surface area (Å²) in [5.41, 5.74) is 1.26. The number of aromatic nitrogens is 1. The number of benzene rings is 1. The number of likely N-dealkylation sites (tertiary alicyclic amines) is 1. The Morgan fingerprint density at radius 2 is 2.06 bits per heavy atom. The zero-order chi connectivity index (χ0) is 23.3. The first-order valence-electron chi connectivity index (χ1n) is 11.0. The number of halogens is 1. The summed E-state index contributed by atoms with van der Waals surface area (Å²) in [6, 6.07) is 5.73. The highest BCUT2D eigenvalue weighted by Crippen LogP contribution is 2.38. The van der Waals surface area contributed by atoms with Crippen LogP contribution in [0, 0.1) is 0 Å². The van der Waals surface area contributed by atoms with Crippen LogP contribution in [0.3, 0.4) is 0 Å². The molecule has 1 aliphatic heterocycles. The standard InChI is InChI=1S/C24H31FN2O4S/c1-5-6-21(25)30-20-8-7-17(13-19(20)22-26-14-18(15-28)32-22)16-9-11-27(12-10-16)23(29)31-24(2,3)4/h7-8,13-16,21H,5-6,9-12H2,1-4H3. The average molecular weight is 463 g/mol. The fourth-order valence-corrected chi connectivity index (χ4v) is 4.43. The molecule has 1 fully saturated rings. The van der Waals surface area contributed by atoms with Crippen molar-refractivity contribution >= 4 is 23.7 Å². The van der Waals surface area contributed by atoms with E-state index in [1.54, 1.807) is 11.0 Å². The van der Waals surface area contributed by atoms with Gasteiger partial charge in [-0.2, -0.15) is 0 Å². The van der Waals surface area contributed by atoms with Gasteiger partial charge in [-0.15, -0.1) is 11.3 Å². The molecular formula is C24H31FN2O4S. The lowest BCUT2D eigenvalue weighted by Crippen LogP contribution is -2.41. The number of ether oxygens (including phenoxy) is 2. The first-order chi connectivity index (χ1) is 15.2. The second kappa shape index (κ2) is 10.4. The predicted molar refractivity (Wildman–Crippen MR) is 123 cm³/mol. The Morgan fingerprint density at radius 3 is 2.66 bits per heavy atom. The number of piperidine rings is 1. The number of nitrogens with zero attached hydrogens (tertiary/aromatic N) is 2. The van der Waals surface area contributed by atoms with E-state index in [0.717, 1.165) is 24.7 Å². The first-order valence-corrected chi connectivity index (χ1v) is 11.9. The van der Waals surface area contributed by atoms with Gasteiger partial charge in [-0.1, -0.05) is 13.0 Å². The number of hydrogen-bond acceptors (Lipinski definition) is 6. The van der Waals surface area contributed by atoms with E-state index in [9.17, 15) is 14.0 Å². The van der Waals surface area contributed by atoms with Gasteiger partial charge < -0.3 is 14.4 Å².